The molecule has 6 rings (SSSR count). The van der Waals surface area contributed by atoms with Gasteiger partial charge in [-0.05, 0) is 83.9 Å². The smallest absolute Gasteiger partial charge is 0.146 e. The Balaban J connectivity index is 1.34. The van der Waals surface area contributed by atoms with E-state index in [1.807, 2.05) is 72.8 Å². The molecule has 0 amide bonds. The highest BCUT2D eigenvalue weighted by atomic mass is 16.5. The zero-order chi connectivity index (χ0) is 31.9. The fourth-order valence-corrected chi connectivity index (χ4v) is 5.55. The number of anilines is 6. The molecule has 0 saturated heterocycles. The minimum atomic E-state index is 0.722. The lowest BCUT2D eigenvalue weighted by atomic mass is 10.0. The topological polar surface area (TPSA) is 43.4 Å². The van der Waals surface area contributed by atoms with Gasteiger partial charge in [0.15, 0.2) is 0 Å². The van der Waals surface area contributed by atoms with Gasteiger partial charge in [-0.25, -0.2) is 0 Å². The van der Waals surface area contributed by atoms with Crippen molar-refractivity contribution in [3.63, 3.8) is 0 Å². The first-order valence-electron chi connectivity index (χ1n) is 15.0. The molecule has 46 heavy (non-hydrogen) atoms. The summed E-state index contributed by atoms with van der Waals surface area (Å²) in [5, 5.41) is 0. The first kappa shape index (κ1) is 30.2. The number of hydrogen-bond donors (Lipinski definition) is 0. The van der Waals surface area contributed by atoms with Crippen LogP contribution in [-0.2, 0) is 0 Å². The number of ether oxygens (including phenoxy) is 4. The number of rotatable bonds is 11. The first-order chi connectivity index (χ1) is 22.6. The van der Waals surface area contributed by atoms with Gasteiger partial charge in [0.25, 0.3) is 0 Å². The number of para-hydroxylation sites is 2. The molecule has 0 aliphatic heterocycles. The highest BCUT2D eigenvalue weighted by molar-refractivity contribution is 5.84. The minimum Gasteiger partial charge on any atom is -0.497 e. The van der Waals surface area contributed by atoms with Crippen LogP contribution in [0.2, 0.25) is 0 Å². The van der Waals surface area contributed by atoms with Crippen LogP contribution in [0.15, 0.2) is 146 Å². The lowest BCUT2D eigenvalue weighted by molar-refractivity contribution is 0.395. The van der Waals surface area contributed by atoms with Crippen LogP contribution < -0.4 is 28.7 Å². The van der Waals surface area contributed by atoms with Crippen molar-refractivity contribution >= 4 is 34.1 Å². The van der Waals surface area contributed by atoms with Gasteiger partial charge >= 0.3 is 0 Å². The maximum atomic E-state index is 5.79. The molecule has 0 N–H and O–H groups in total. The predicted octanol–water partition coefficient (Wildman–Crippen LogP) is 10.3. The zero-order valence-corrected chi connectivity index (χ0v) is 26.4. The van der Waals surface area contributed by atoms with Gasteiger partial charge in [0.05, 0.1) is 39.8 Å². The van der Waals surface area contributed by atoms with Crippen LogP contribution in [0.1, 0.15) is 0 Å². The molecule has 0 aromatic heterocycles. The van der Waals surface area contributed by atoms with E-state index in [0.717, 1.165) is 68.2 Å². The summed E-state index contributed by atoms with van der Waals surface area (Å²) in [7, 11) is 6.67. The SMILES string of the molecule is COc1ccc(N(c2ccccc2)c2ccc(-c3ccc(N(c4ccccc4)c4ccc(OC)cc4OC)cc3)cc2)c(OC)c1. The standard InChI is InChI=1S/C40H36N2O4/c1-43-35-23-25-37(39(27-35)45-3)41(31-11-7-5-8-12-31)33-19-15-29(16-20-33)30-17-21-34(22-18-30)42(32-13-9-6-10-14-32)38-26-24-36(44-2)28-40(38)46-4/h5-28H,1-4H3. The van der Waals surface area contributed by atoms with E-state index in [1.54, 1.807) is 28.4 Å². The quantitative estimate of drug-likeness (QED) is 0.146. The van der Waals surface area contributed by atoms with Crippen LogP contribution in [0, 0.1) is 0 Å². The van der Waals surface area contributed by atoms with Gasteiger partial charge in [0.2, 0.25) is 0 Å². The number of hydrogen-bond acceptors (Lipinski definition) is 6. The maximum Gasteiger partial charge on any atom is 0.146 e. The van der Waals surface area contributed by atoms with Crippen LogP contribution in [-0.4, -0.2) is 28.4 Å². The second kappa shape index (κ2) is 13.8. The Morgan fingerprint density at radius 3 is 1.02 bits per heavy atom. The molecule has 6 nitrogen and oxygen atoms in total. The Kier molecular flexibility index (Phi) is 9.07. The summed E-state index contributed by atoms with van der Waals surface area (Å²) in [4.78, 5) is 4.37. The molecule has 0 spiro atoms. The molecule has 6 aromatic rings. The lowest BCUT2D eigenvalue weighted by Crippen LogP contribution is -2.11. The molecule has 6 heteroatoms. The van der Waals surface area contributed by atoms with E-state index in [1.165, 1.54) is 0 Å². The molecule has 0 unspecified atom stereocenters. The molecular weight excluding hydrogens is 572 g/mol. The Morgan fingerprint density at radius 2 is 0.696 bits per heavy atom. The van der Waals surface area contributed by atoms with Gasteiger partial charge in [-0.15, -0.1) is 0 Å². The van der Waals surface area contributed by atoms with E-state index in [0.29, 0.717) is 0 Å². The van der Waals surface area contributed by atoms with Crippen molar-refractivity contribution in [3.8, 4) is 34.1 Å². The van der Waals surface area contributed by atoms with E-state index in [4.69, 9.17) is 18.9 Å². The molecule has 0 saturated carbocycles. The summed E-state index contributed by atoms with van der Waals surface area (Å²) in [5.41, 5.74) is 8.13. The van der Waals surface area contributed by atoms with Crippen LogP contribution in [0.5, 0.6) is 23.0 Å². The molecule has 0 bridgehead atoms. The monoisotopic (exact) mass is 608 g/mol. The fourth-order valence-electron chi connectivity index (χ4n) is 5.55. The van der Waals surface area contributed by atoms with Crippen molar-refractivity contribution in [3.05, 3.63) is 146 Å². The number of nitrogens with zero attached hydrogens (tertiary/aromatic N) is 2. The fraction of sp³-hybridized carbons (Fsp3) is 0.100. The average Bonchev–Trinajstić information content (AvgIpc) is 3.13. The van der Waals surface area contributed by atoms with Crippen LogP contribution in [0.25, 0.3) is 11.1 Å². The summed E-state index contributed by atoms with van der Waals surface area (Å²) in [6.45, 7) is 0. The lowest BCUT2D eigenvalue weighted by Gasteiger charge is -2.28. The Bertz CT molecular complexity index is 1740. The molecule has 0 heterocycles. The zero-order valence-electron chi connectivity index (χ0n) is 26.4. The van der Waals surface area contributed by atoms with Gasteiger partial charge in [-0.3, -0.25) is 0 Å². The molecule has 0 aliphatic rings. The Hall–Kier alpha value is -5.88. The third kappa shape index (κ3) is 6.19. The van der Waals surface area contributed by atoms with E-state index in [-0.39, 0.29) is 0 Å². The predicted molar refractivity (Wildman–Crippen MR) is 187 cm³/mol. The van der Waals surface area contributed by atoms with Gasteiger partial charge in [0.1, 0.15) is 23.0 Å². The number of benzene rings is 6. The third-order valence-corrected chi connectivity index (χ3v) is 7.87. The largest absolute Gasteiger partial charge is 0.497 e. The molecule has 0 fully saturated rings. The second-order valence-electron chi connectivity index (χ2n) is 10.5. The maximum absolute atomic E-state index is 5.79. The van der Waals surface area contributed by atoms with E-state index >= 15 is 0 Å². The van der Waals surface area contributed by atoms with Crippen molar-refractivity contribution in [2.75, 3.05) is 38.2 Å². The van der Waals surface area contributed by atoms with Gasteiger partial charge in [0, 0.05) is 34.9 Å². The third-order valence-electron chi connectivity index (χ3n) is 7.87. The Morgan fingerprint density at radius 1 is 0.348 bits per heavy atom. The summed E-state index contributed by atoms with van der Waals surface area (Å²) in [5.74, 6) is 2.92. The van der Waals surface area contributed by atoms with E-state index in [9.17, 15) is 0 Å². The van der Waals surface area contributed by atoms with Gasteiger partial charge in [-0.2, -0.15) is 0 Å². The van der Waals surface area contributed by atoms with Crippen molar-refractivity contribution < 1.29 is 18.9 Å². The second-order valence-corrected chi connectivity index (χ2v) is 10.5. The highest BCUT2D eigenvalue weighted by Gasteiger charge is 2.19. The number of methoxy groups -OCH3 is 4. The minimum absolute atomic E-state index is 0.722. The molecule has 0 radical (unpaired) electrons. The molecule has 0 atom stereocenters. The van der Waals surface area contributed by atoms with Crippen molar-refractivity contribution in [2.24, 2.45) is 0 Å². The van der Waals surface area contributed by atoms with E-state index < -0.39 is 0 Å². The summed E-state index contributed by atoms with van der Waals surface area (Å²) < 4.78 is 22.5. The van der Waals surface area contributed by atoms with Crippen molar-refractivity contribution in [2.45, 2.75) is 0 Å². The van der Waals surface area contributed by atoms with Crippen LogP contribution in [0.4, 0.5) is 34.1 Å². The molecule has 6 aromatic carbocycles. The Labute approximate surface area is 270 Å². The molecule has 230 valence electrons. The van der Waals surface area contributed by atoms with Gasteiger partial charge in [-0.1, -0.05) is 60.7 Å². The summed E-state index contributed by atoms with van der Waals surface area (Å²) in [6.07, 6.45) is 0. The van der Waals surface area contributed by atoms with Gasteiger partial charge < -0.3 is 28.7 Å². The normalized spacial score (nSPS) is 10.6. The van der Waals surface area contributed by atoms with Crippen LogP contribution >= 0.6 is 0 Å². The van der Waals surface area contributed by atoms with Crippen molar-refractivity contribution in [1.29, 1.82) is 0 Å². The first-order valence-corrected chi connectivity index (χ1v) is 15.0. The summed E-state index contributed by atoms with van der Waals surface area (Å²) >= 11 is 0. The van der Waals surface area contributed by atoms with Crippen molar-refractivity contribution in [1.82, 2.24) is 0 Å². The molecule has 0 aliphatic carbocycles. The van der Waals surface area contributed by atoms with Crippen LogP contribution in [0.3, 0.4) is 0 Å². The van der Waals surface area contributed by atoms with E-state index in [2.05, 4.69) is 82.6 Å². The summed E-state index contributed by atoms with van der Waals surface area (Å²) in [6, 6.07) is 49.4. The average molecular weight is 609 g/mol. The highest BCUT2D eigenvalue weighted by Crippen LogP contribution is 2.44. The molecular formula is C40H36N2O4.